The predicted molar refractivity (Wildman–Crippen MR) is 145 cm³/mol. The Balaban J connectivity index is 1.56. The number of aliphatic hydroxyl groups excluding tert-OH is 1. The van der Waals surface area contributed by atoms with Crippen LogP contribution in [0.15, 0.2) is 22.7 Å². The normalized spacial score (nSPS) is 24.6. The zero-order valence-electron chi connectivity index (χ0n) is 22.6. The monoisotopic (exact) mass is 586 g/mol. The summed E-state index contributed by atoms with van der Waals surface area (Å²) in [5, 5.41) is 10.8. The second-order valence-corrected chi connectivity index (χ2v) is 12.4. The first-order valence-electron chi connectivity index (χ1n) is 13.3. The Morgan fingerprint density at radius 2 is 2.05 bits per heavy atom. The first kappa shape index (κ1) is 27.0. The number of halogens is 1. The minimum atomic E-state index is -0.823. The summed E-state index contributed by atoms with van der Waals surface area (Å²) in [4.78, 5) is 26.8. The van der Waals surface area contributed by atoms with Crippen LogP contribution in [0, 0.1) is 30.1 Å². The summed E-state index contributed by atoms with van der Waals surface area (Å²) < 4.78 is 24.5. The van der Waals surface area contributed by atoms with Crippen LogP contribution in [0.4, 0.5) is 0 Å². The Hall–Kier alpha value is -2.58. The summed E-state index contributed by atoms with van der Waals surface area (Å²) in [6, 6.07) is 5.10. The van der Waals surface area contributed by atoms with Gasteiger partial charge in [-0.05, 0) is 97.0 Å². The lowest BCUT2D eigenvalue weighted by Gasteiger charge is -2.32. The van der Waals surface area contributed by atoms with Crippen molar-refractivity contribution in [3.8, 4) is 23.0 Å². The number of carbonyl (C=O) groups excluding carboxylic acids is 2. The SMILES string of the molecule is COc1c([C@@H](O)CC(C)C)ccc2c1C(=O)OCc1c(Br)c(C)cc(OC(=O)C3(C)CC4CCC3C4)c1O2. The van der Waals surface area contributed by atoms with Gasteiger partial charge >= 0.3 is 11.9 Å². The molecule has 0 amide bonds. The van der Waals surface area contributed by atoms with Crippen molar-refractivity contribution in [2.24, 2.45) is 23.2 Å². The fourth-order valence-corrected chi connectivity index (χ4v) is 6.84. The van der Waals surface area contributed by atoms with E-state index in [0.29, 0.717) is 45.4 Å². The van der Waals surface area contributed by atoms with Crippen molar-refractivity contribution in [3.05, 3.63) is 44.9 Å². The van der Waals surface area contributed by atoms with Crippen LogP contribution in [0.25, 0.3) is 0 Å². The lowest BCUT2D eigenvalue weighted by atomic mass is 9.75. The molecular weight excluding hydrogens is 552 g/mol. The molecule has 204 valence electrons. The first-order chi connectivity index (χ1) is 18.0. The summed E-state index contributed by atoms with van der Waals surface area (Å²) in [7, 11) is 1.45. The number of aryl methyl sites for hydroxylation is 1. The van der Waals surface area contributed by atoms with E-state index in [-0.39, 0.29) is 35.6 Å². The van der Waals surface area contributed by atoms with Gasteiger partial charge in [-0.15, -0.1) is 0 Å². The van der Waals surface area contributed by atoms with Crippen molar-refractivity contribution in [2.45, 2.75) is 72.5 Å². The van der Waals surface area contributed by atoms with E-state index < -0.39 is 17.5 Å². The molecule has 4 atom stereocenters. The minimum absolute atomic E-state index is 0.0903. The predicted octanol–water partition coefficient (Wildman–Crippen LogP) is 7.04. The Labute approximate surface area is 231 Å². The quantitative estimate of drug-likeness (QED) is 0.286. The molecule has 5 rings (SSSR count). The second kappa shape index (κ2) is 10.2. The van der Waals surface area contributed by atoms with E-state index in [0.717, 1.165) is 24.8 Å². The molecule has 2 fully saturated rings. The van der Waals surface area contributed by atoms with Crippen LogP contribution in [0.1, 0.15) is 86.0 Å². The van der Waals surface area contributed by atoms with E-state index in [1.54, 1.807) is 18.2 Å². The molecule has 0 aromatic heterocycles. The highest BCUT2D eigenvalue weighted by Crippen LogP contribution is 2.57. The summed E-state index contributed by atoms with van der Waals surface area (Å²) in [6.45, 7) is 7.83. The number of fused-ring (bicyclic) bond motifs is 4. The average molecular weight is 588 g/mol. The maximum Gasteiger partial charge on any atom is 0.346 e. The number of rotatable bonds is 6. The zero-order chi connectivity index (χ0) is 27.4. The molecular formula is C30H35BrO7. The number of cyclic esters (lactones) is 1. The maximum absolute atomic E-state index is 13.5. The largest absolute Gasteiger partial charge is 0.495 e. The van der Waals surface area contributed by atoms with E-state index in [2.05, 4.69) is 15.9 Å². The van der Waals surface area contributed by atoms with E-state index >= 15 is 0 Å². The van der Waals surface area contributed by atoms with Gasteiger partial charge in [0.05, 0.1) is 24.2 Å². The van der Waals surface area contributed by atoms with Gasteiger partial charge in [0.25, 0.3) is 0 Å². The Morgan fingerprint density at radius 3 is 2.68 bits per heavy atom. The van der Waals surface area contributed by atoms with Gasteiger partial charge < -0.3 is 24.1 Å². The molecule has 2 bridgehead atoms. The van der Waals surface area contributed by atoms with Crippen LogP contribution in [0.2, 0.25) is 0 Å². The molecule has 1 N–H and O–H groups in total. The third-order valence-corrected chi connectivity index (χ3v) is 9.56. The van der Waals surface area contributed by atoms with Crippen molar-refractivity contribution < 1.29 is 33.6 Å². The molecule has 7 nitrogen and oxygen atoms in total. The highest BCUT2D eigenvalue weighted by Gasteiger charge is 2.53. The number of hydrogen-bond acceptors (Lipinski definition) is 7. The number of aliphatic hydroxyl groups is 1. The highest BCUT2D eigenvalue weighted by molar-refractivity contribution is 9.10. The number of benzene rings is 2. The number of carbonyl (C=O) groups is 2. The van der Waals surface area contributed by atoms with Crippen LogP contribution in [0.5, 0.6) is 23.0 Å². The first-order valence-corrected chi connectivity index (χ1v) is 14.1. The van der Waals surface area contributed by atoms with Crippen molar-refractivity contribution in [1.82, 2.24) is 0 Å². The molecule has 3 aliphatic rings. The van der Waals surface area contributed by atoms with Crippen LogP contribution in [-0.4, -0.2) is 24.2 Å². The van der Waals surface area contributed by atoms with Gasteiger partial charge in [-0.2, -0.15) is 0 Å². The Bertz CT molecular complexity index is 1290. The van der Waals surface area contributed by atoms with Crippen molar-refractivity contribution in [3.63, 3.8) is 0 Å². The molecule has 3 unspecified atom stereocenters. The smallest absolute Gasteiger partial charge is 0.346 e. The standard InChI is InChI=1S/C30H35BrO7/c1-15(2)10-21(32)19-8-9-22-24(27(19)35-5)28(33)36-14-20-25(31)16(3)11-23(26(20)37-22)38-29(34)30(4)13-17-6-7-18(30)12-17/h8-9,11,15,17-18,21,32H,6-7,10,12-14H2,1-5H3/t17?,18?,21-,30?/m0/s1. The number of methoxy groups -OCH3 is 1. The molecule has 38 heavy (non-hydrogen) atoms. The van der Waals surface area contributed by atoms with E-state index in [4.69, 9.17) is 18.9 Å². The van der Waals surface area contributed by atoms with Crippen molar-refractivity contribution >= 4 is 27.9 Å². The molecule has 0 spiro atoms. The van der Waals surface area contributed by atoms with E-state index in [1.807, 2.05) is 27.7 Å². The van der Waals surface area contributed by atoms with Gasteiger partial charge in [0.1, 0.15) is 23.7 Å². The van der Waals surface area contributed by atoms with Gasteiger partial charge in [-0.1, -0.05) is 20.3 Å². The third kappa shape index (κ3) is 4.60. The van der Waals surface area contributed by atoms with Gasteiger partial charge in [0, 0.05) is 10.0 Å². The van der Waals surface area contributed by atoms with Crippen LogP contribution >= 0.6 is 15.9 Å². The van der Waals surface area contributed by atoms with E-state index in [1.165, 1.54) is 13.5 Å². The molecule has 2 aromatic carbocycles. The highest BCUT2D eigenvalue weighted by atomic mass is 79.9. The fraction of sp³-hybridized carbons (Fsp3) is 0.533. The summed E-state index contributed by atoms with van der Waals surface area (Å²) in [5.74, 6) is 1.30. The topological polar surface area (TPSA) is 91.3 Å². The minimum Gasteiger partial charge on any atom is -0.495 e. The van der Waals surface area contributed by atoms with Gasteiger partial charge in [0.15, 0.2) is 11.5 Å². The number of esters is 2. The number of ether oxygens (including phenoxy) is 4. The molecule has 1 heterocycles. The van der Waals surface area contributed by atoms with Crippen molar-refractivity contribution in [1.29, 1.82) is 0 Å². The molecule has 2 aliphatic carbocycles. The van der Waals surface area contributed by atoms with Gasteiger partial charge in [0.2, 0.25) is 0 Å². The Morgan fingerprint density at radius 1 is 1.29 bits per heavy atom. The van der Waals surface area contributed by atoms with Crippen molar-refractivity contribution in [2.75, 3.05) is 7.11 Å². The fourth-order valence-electron chi connectivity index (χ4n) is 6.44. The van der Waals surface area contributed by atoms with Crippen LogP contribution < -0.4 is 14.2 Å². The van der Waals surface area contributed by atoms with Gasteiger partial charge in [-0.3, -0.25) is 4.79 Å². The number of hydrogen-bond donors (Lipinski definition) is 1. The lowest BCUT2D eigenvalue weighted by molar-refractivity contribution is -0.148. The second-order valence-electron chi connectivity index (χ2n) is 11.6. The third-order valence-electron chi connectivity index (χ3n) is 8.45. The Kier molecular flexibility index (Phi) is 7.24. The lowest BCUT2D eigenvalue weighted by Crippen LogP contribution is -2.37. The molecule has 0 saturated heterocycles. The summed E-state index contributed by atoms with van der Waals surface area (Å²) >= 11 is 3.60. The molecule has 0 radical (unpaired) electrons. The summed E-state index contributed by atoms with van der Waals surface area (Å²) in [6.07, 6.45) is 3.83. The average Bonchev–Trinajstić information content (AvgIpc) is 3.46. The van der Waals surface area contributed by atoms with Crippen LogP contribution in [0.3, 0.4) is 0 Å². The molecule has 8 heteroatoms. The molecule has 2 aromatic rings. The molecule has 1 aliphatic heterocycles. The van der Waals surface area contributed by atoms with Crippen LogP contribution in [-0.2, 0) is 16.1 Å². The summed E-state index contributed by atoms with van der Waals surface area (Å²) in [5.41, 5.74) is 1.46. The van der Waals surface area contributed by atoms with E-state index in [9.17, 15) is 14.7 Å². The maximum atomic E-state index is 13.5. The van der Waals surface area contributed by atoms with Gasteiger partial charge in [-0.25, -0.2) is 4.79 Å². The zero-order valence-corrected chi connectivity index (χ0v) is 24.1. The molecule has 2 saturated carbocycles.